The van der Waals surface area contributed by atoms with Gasteiger partial charge in [-0.25, -0.2) is 0 Å². The second kappa shape index (κ2) is 5.21. The van der Waals surface area contributed by atoms with E-state index < -0.39 is 0 Å². The van der Waals surface area contributed by atoms with Gasteiger partial charge in [0.1, 0.15) is 0 Å². The van der Waals surface area contributed by atoms with Crippen LogP contribution in [0.5, 0.6) is 0 Å². The van der Waals surface area contributed by atoms with E-state index in [4.69, 9.17) is 5.73 Å². The average molecular weight is 205 g/mol. The number of nitrogens with two attached hydrogens (primary N) is 1. The van der Waals surface area contributed by atoms with Crippen LogP contribution in [0.25, 0.3) is 0 Å². The third-order valence-corrected chi connectivity index (χ3v) is 3.32. The van der Waals surface area contributed by atoms with E-state index in [0.717, 1.165) is 18.0 Å². The van der Waals surface area contributed by atoms with Crippen molar-refractivity contribution in [2.75, 3.05) is 0 Å². The van der Waals surface area contributed by atoms with Crippen LogP contribution < -0.4 is 5.73 Å². The Morgan fingerprint density at radius 1 is 1.33 bits per heavy atom. The van der Waals surface area contributed by atoms with Crippen molar-refractivity contribution in [3.63, 3.8) is 0 Å². The van der Waals surface area contributed by atoms with E-state index in [1.807, 2.05) is 0 Å². The van der Waals surface area contributed by atoms with E-state index in [1.54, 1.807) is 18.6 Å². The fraction of sp³-hybridized carbons (Fsp3) is 0.667. The van der Waals surface area contributed by atoms with Crippen molar-refractivity contribution in [2.24, 2.45) is 11.7 Å². The molecular formula is C12H19N3. The van der Waals surface area contributed by atoms with Gasteiger partial charge in [-0.15, -0.1) is 0 Å². The van der Waals surface area contributed by atoms with E-state index >= 15 is 0 Å². The lowest BCUT2D eigenvalue weighted by Crippen LogP contribution is -2.13. The van der Waals surface area contributed by atoms with Gasteiger partial charge in [0.25, 0.3) is 0 Å². The van der Waals surface area contributed by atoms with Crippen molar-refractivity contribution in [1.29, 1.82) is 0 Å². The van der Waals surface area contributed by atoms with Crippen molar-refractivity contribution in [1.82, 2.24) is 9.97 Å². The summed E-state index contributed by atoms with van der Waals surface area (Å²) in [6.45, 7) is 0. The van der Waals surface area contributed by atoms with Gasteiger partial charge < -0.3 is 5.73 Å². The highest BCUT2D eigenvalue weighted by Gasteiger charge is 2.16. The zero-order valence-corrected chi connectivity index (χ0v) is 9.10. The maximum atomic E-state index is 6.07. The fourth-order valence-corrected chi connectivity index (χ4v) is 2.36. The Bertz CT molecular complexity index is 280. The molecule has 0 aliphatic heterocycles. The minimum atomic E-state index is 0.0688. The molecule has 0 saturated heterocycles. The van der Waals surface area contributed by atoms with Crippen LogP contribution in [0.4, 0.5) is 0 Å². The lowest BCUT2D eigenvalue weighted by molar-refractivity contribution is 0.450. The number of nitrogens with zero attached hydrogens (tertiary/aromatic N) is 2. The van der Waals surface area contributed by atoms with Gasteiger partial charge in [0.05, 0.1) is 5.69 Å². The van der Waals surface area contributed by atoms with E-state index in [2.05, 4.69) is 9.97 Å². The first-order valence-corrected chi connectivity index (χ1v) is 5.88. The molecule has 1 fully saturated rings. The Labute approximate surface area is 91.1 Å². The van der Waals surface area contributed by atoms with Crippen LogP contribution in [0.1, 0.15) is 50.3 Å². The zero-order chi connectivity index (χ0) is 10.5. The average Bonchev–Trinajstić information content (AvgIpc) is 2.80. The Morgan fingerprint density at radius 2 is 2.13 bits per heavy atom. The smallest absolute Gasteiger partial charge is 0.0753 e. The highest BCUT2D eigenvalue weighted by molar-refractivity contribution is 5.00. The molecular weight excluding hydrogens is 186 g/mol. The maximum absolute atomic E-state index is 6.07. The van der Waals surface area contributed by atoms with Crippen molar-refractivity contribution in [3.05, 3.63) is 24.3 Å². The topological polar surface area (TPSA) is 51.8 Å². The molecule has 2 N–H and O–H groups in total. The minimum absolute atomic E-state index is 0.0688. The van der Waals surface area contributed by atoms with E-state index in [9.17, 15) is 0 Å². The molecule has 3 heteroatoms. The third-order valence-electron chi connectivity index (χ3n) is 3.32. The Kier molecular flexibility index (Phi) is 3.67. The zero-order valence-electron chi connectivity index (χ0n) is 9.10. The Morgan fingerprint density at radius 3 is 2.80 bits per heavy atom. The molecule has 0 spiro atoms. The summed E-state index contributed by atoms with van der Waals surface area (Å²) < 4.78 is 0. The van der Waals surface area contributed by atoms with Crippen molar-refractivity contribution in [2.45, 2.75) is 44.6 Å². The first-order chi connectivity index (χ1) is 7.36. The quantitative estimate of drug-likeness (QED) is 0.821. The van der Waals surface area contributed by atoms with Crippen LogP contribution in [-0.4, -0.2) is 9.97 Å². The highest BCUT2D eigenvalue weighted by atomic mass is 14.8. The van der Waals surface area contributed by atoms with Gasteiger partial charge in [0, 0.05) is 24.6 Å². The third kappa shape index (κ3) is 2.99. The molecule has 0 amide bonds. The van der Waals surface area contributed by atoms with Crippen LogP contribution >= 0.6 is 0 Å². The molecule has 1 heterocycles. The molecule has 1 saturated carbocycles. The van der Waals surface area contributed by atoms with Crippen LogP contribution in [0, 0.1) is 5.92 Å². The van der Waals surface area contributed by atoms with Crippen LogP contribution in [0.3, 0.4) is 0 Å². The first-order valence-electron chi connectivity index (χ1n) is 5.88. The summed E-state index contributed by atoms with van der Waals surface area (Å²) in [5.74, 6) is 0.910. The monoisotopic (exact) mass is 205 g/mol. The predicted molar refractivity (Wildman–Crippen MR) is 60.2 cm³/mol. The maximum Gasteiger partial charge on any atom is 0.0753 e. The number of hydrogen-bond donors (Lipinski definition) is 1. The van der Waals surface area contributed by atoms with Crippen molar-refractivity contribution < 1.29 is 0 Å². The molecule has 1 aliphatic carbocycles. The molecule has 1 aliphatic rings. The van der Waals surface area contributed by atoms with Crippen LogP contribution in [0.2, 0.25) is 0 Å². The van der Waals surface area contributed by atoms with Crippen molar-refractivity contribution >= 4 is 0 Å². The molecule has 0 radical (unpaired) electrons. The molecule has 2 rings (SSSR count). The lowest BCUT2D eigenvalue weighted by atomic mass is 9.98. The predicted octanol–water partition coefficient (Wildman–Crippen LogP) is 2.45. The van der Waals surface area contributed by atoms with Crippen LogP contribution in [0.15, 0.2) is 18.6 Å². The number of hydrogen-bond acceptors (Lipinski definition) is 3. The highest BCUT2D eigenvalue weighted by Crippen LogP contribution is 2.30. The molecule has 1 aromatic rings. The standard InChI is InChI=1S/C12H19N3/c13-11(12-9-14-7-8-15-12)6-5-10-3-1-2-4-10/h7-11H,1-6,13H2. The van der Waals surface area contributed by atoms with Gasteiger partial charge in [0.15, 0.2) is 0 Å². The van der Waals surface area contributed by atoms with Gasteiger partial charge in [-0.1, -0.05) is 25.7 Å². The number of aromatic nitrogens is 2. The summed E-state index contributed by atoms with van der Waals surface area (Å²) in [6, 6.07) is 0.0688. The summed E-state index contributed by atoms with van der Waals surface area (Å²) in [5, 5.41) is 0. The minimum Gasteiger partial charge on any atom is -0.323 e. The summed E-state index contributed by atoms with van der Waals surface area (Å²) in [4.78, 5) is 8.28. The van der Waals surface area contributed by atoms with Gasteiger partial charge in [0.2, 0.25) is 0 Å². The van der Waals surface area contributed by atoms with Gasteiger partial charge in [-0.05, 0) is 18.8 Å². The molecule has 1 atom stereocenters. The number of rotatable bonds is 4. The summed E-state index contributed by atoms with van der Waals surface area (Å²) in [7, 11) is 0. The molecule has 1 aromatic heterocycles. The SMILES string of the molecule is NC(CCC1CCCC1)c1cnccn1. The second-order valence-corrected chi connectivity index (χ2v) is 4.46. The summed E-state index contributed by atoms with van der Waals surface area (Å²) >= 11 is 0. The lowest BCUT2D eigenvalue weighted by Gasteiger charge is -2.13. The molecule has 3 nitrogen and oxygen atoms in total. The second-order valence-electron chi connectivity index (χ2n) is 4.46. The largest absolute Gasteiger partial charge is 0.323 e. The normalized spacial score (nSPS) is 19.3. The molecule has 82 valence electrons. The summed E-state index contributed by atoms with van der Waals surface area (Å²) in [5.41, 5.74) is 7.00. The van der Waals surface area contributed by atoms with E-state index in [0.29, 0.717) is 0 Å². The van der Waals surface area contributed by atoms with Gasteiger partial charge in [-0.3, -0.25) is 9.97 Å². The van der Waals surface area contributed by atoms with Gasteiger partial charge in [-0.2, -0.15) is 0 Å². The van der Waals surface area contributed by atoms with Crippen LogP contribution in [-0.2, 0) is 0 Å². The fourth-order valence-electron chi connectivity index (χ4n) is 2.36. The van der Waals surface area contributed by atoms with Gasteiger partial charge >= 0.3 is 0 Å². The Hall–Kier alpha value is -0.960. The summed E-state index contributed by atoms with van der Waals surface area (Å²) in [6.07, 6.45) is 13.1. The molecule has 15 heavy (non-hydrogen) atoms. The molecule has 0 bridgehead atoms. The van der Waals surface area contributed by atoms with E-state index in [-0.39, 0.29) is 6.04 Å². The van der Waals surface area contributed by atoms with E-state index in [1.165, 1.54) is 32.1 Å². The first kappa shape index (κ1) is 10.6. The van der Waals surface area contributed by atoms with Crippen molar-refractivity contribution in [3.8, 4) is 0 Å². The molecule has 0 aromatic carbocycles. The molecule has 1 unspecified atom stereocenters. The Balaban J connectivity index is 1.79.